The molecule has 0 aliphatic heterocycles. The Bertz CT molecular complexity index is 505. The molecular formula is C14H17N3O. The van der Waals surface area contributed by atoms with Crippen LogP contribution in [0.3, 0.4) is 0 Å². The van der Waals surface area contributed by atoms with Crippen molar-refractivity contribution in [3.8, 4) is 11.5 Å². The van der Waals surface area contributed by atoms with Gasteiger partial charge in [-0.1, -0.05) is 18.2 Å². The summed E-state index contributed by atoms with van der Waals surface area (Å²) in [5.41, 5.74) is 0.964. The third-order valence-electron chi connectivity index (χ3n) is 3.39. The molecule has 1 saturated carbocycles. The Morgan fingerprint density at radius 1 is 1.28 bits per heavy atom. The predicted octanol–water partition coefficient (Wildman–Crippen LogP) is 2.62. The summed E-state index contributed by atoms with van der Waals surface area (Å²) in [7, 11) is 0. The largest absolute Gasteiger partial charge is 0.419 e. The molecule has 0 spiro atoms. The second-order valence-electron chi connectivity index (χ2n) is 4.87. The topological polar surface area (TPSA) is 51.0 Å². The van der Waals surface area contributed by atoms with E-state index < -0.39 is 0 Å². The minimum atomic E-state index is 0.539. The van der Waals surface area contributed by atoms with Crippen molar-refractivity contribution in [2.24, 2.45) is 5.92 Å². The highest BCUT2D eigenvalue weighted by molar-refractivity contribution is 5.51. The van der Waals surface area contributed by atoms with Gasteiger partial charge in [-0.2, -0.15) is 0 Å². The van der Waals surface area contributed by atoms with Crippen molar-refractivity contribution in [2.75, 3.05) is 0 Å². The second kappa shape index (κ2) is 4.90. The SMILES string of the molecule is CC(NCc1nnc(-c2ccccc2)o1)C1CC1. The minimum absolute atomic E-state index is 0.539. The van der Waals surface area contributed by atoms with E-state index in [9.17, 15) is 0 Å². The van der Waals surface area contributed by atoms with Gasteiger partial charge in [0.25, 0.3) is 0 Å². The first-order valence-electron chi connectivity index (χ1n) is 6.44. The summed E-state index contributed by atoms with van der Waals surface area (Å²) in [4.78, 5) is 0. The third-order valence-corrected chi connectivity index (χ3v) is 3.39. The Kier molecular flexibility index (Phi) is 3.11. The first-order chi connectivity index (χ1) is 8.83. The van der Waals surface area contributed by atoms with Gasteiger partial charge in [-0.15, -0.1) is 10.2 Å². The maximum absolute atomic E-state index is 5.64. The maximum atomic E-state index is 5.64. The van der Waals surface area contributed by atoms with Crippen LogP contribution in [0.15, 0.2) is 34.7 Å². The number of aromatic nitrogens is 2. The molecule has 1 aromatic carbocycles. The molecule has 0 bridgehead atoms. The lowest BCUT2D eigenvalue weighted by Crippen LogP contribution is -2.27. The highest BCUT2D eigenvalue weighted by Crippen LogP contribution is 2.32. The van der Waals surface area contributed by atoms with Gasteiger partial charge >= 0.3 is 0 Å². The summed E-state index contributed by atoms with van der Waals surface area (Å²) in [6.45, 7) is 2.86. The van der Waals surface area contributed by atoms with Gasteiger partial charge in [-0.05, 0) is 37.8 Å². The molecule has 1 atom stereocenters. The lowest BCUT2D eigenvalue weighted by atomic mass is 10.2. The normalized spacial score (nSPS) is 16.7. The molecule has 1 heterocycles. The van der Waals surface area contributed by atoms with Crippen LogP contribution in [0.1, 0.15) is 25.7 Å². The molecule has 1 unspecified atom stereocenters. The van der Waals surface area contributed by atoms with E-state index in [0.29, 0.717) is 24.4 Å². The fourth-order valence-electron chi connectivity index (χ4n) is 2.03. The Hall–Kier alpha value is -1.68. The van der Waals surface area contributed by atoms with Crippen LogP contribution in [0.25, 0.3) is 11.5 Å². The molecule has 1 fully saturated rings. The van der Waals surface area contributed by atoms with Gasteiger partial charge in [0, 0.05) is 11.6 Å². The number of nitrogens with zero attached hydrogens (tertiary/aromatic N) is 2. The maximum Gasteiger partial charge on any atom is 0.247 e. The van der Waals surface area contributed by atoms with Gasteiger partial charge < -0.3 is 9.73 Å². The van der Waals surface area contributed by atoms with Gasteiger partial charge in [0.2, 0.25) is 11.8 Å². The van der Waals surface area contributed by atoms with Gasteiger partial charge in [-0.25, -0.2) is 0 Å². The summed E-state index contributed by atoms with van der Waals surface area (Å²) in [6, 6.07) is 10.4. The zero-order valence-electron chi connectivity index (χ0n) is 10.5. The molecule has 0 radical (unpaired) electrons. The van der Waals surface area contributed by atoms with Crippen LogP contribution in [0, 0.1) is 5.92 Å². The second-order valence-corrected chi connectivity index (χ2v) is 4.87. The standard InChI is InChI=1S/C14H17N3O/c1-10(11-7-8-11)15-9-13-16-17-14(18-13)12-5-3-2-4-6-12/h2-6,10-11,15H,7-9H2,1H3. The zero-order chi connectivity index (χ0) is 12.4. The molecular weight excluding hydrogens is 226 g/mol. The van der Waals surface area contributed by atoms with Crippen molar-refractivity contribution in [3.05, 3.63) is 36.2 Å². The van der Waals surface area contributed by atoms with Crippen LogP contribution in [0.5, 0.6) is 0 Å². The molecule has 2 aromatic rings. The van der Waals surface area contributed by atoms with E-state index in [2.05, 4.69) is 22.4 Å². The molecule has 94 valence electrons. The smallest absolute Gasteiger partial charge is 0.247 e. The molecule has 1 aromatic heterocycles. The zero-order valence-corrected chi connectivity index (χ0v) is 10.5. The Balaban J connectivity index is 1.62. The number of hydrogen-bond acceptors (Lipinski definition) is 4. The highest BCUT2D eigenvalue weighted by Gasteiger charge is 2.27. The molecule has 1 aliphatic rings. The third kappa shape index (κ3) is 2.59. The molecule has 1 aliphatic carbocycles. The van der Waals surface area contributed by atoms with Crippen molar-refractivity contribution >= 4 is 0 Å². The van der Waals surface area contributed by atoms with Gasteiger partial charge in [0.05, 0.1) is 6.54 Å². The molecule has 18 heavy (non-hydrogen) atoms. The Morgan fingerprint density at radius 2 is 2.06 bits per heavy atom. The monoisotopic (exact) mass is 243 g/mol. The first kappa shape index (κ1) is 11.4. The van der Waals surface area contributed by atoms with E-state index in [4.69, 9.17) is 4.42 Å². The Morgan fingerprint density at radius 3 is 2.78 bits per heavy atom. The van der Waals surface area contributed by atoms with E-state index in [1.54, 1.807) is 0 Å². The fourth-order valence-corrected chi connectivity index (χ4v) is 2.03. The number of benzene rings is 1. The van der Waals surface area contributed by atoms with Crippen LogP contribution >= 0.6 is 0 Å². The van der Waals surface area contributed by atoms with E-state index >= 15 is 0 Å². The lowest BCUT2D eigenvalue weighted by molar-refractivity contribution is 0.429. The van der Waals surface area contributed by atoms with E-state index in [1.807, 2.05) is 30.3 Å². The number of rotatable bonds is 5. The van der Waals surface area contributed by atoms with Crippen LogP contribution in [0.2, 0.25) is 0 Å². The fraction of sp³-hybridized carbons (Fsp3) is 0.429. The van der Waals surface area contributed by atoms with Crippen molar-refractivity contribution in [3.63, 3.8) is 0 Å². The van der Waals surface area contributed by atoms with Crippen molar-refractivity contribution < 1.29 is 4.42 Å². The minimum Gasteiger partial charge on any atom is -0.419 e. The quantitative estimate of drug-likeness (QED) is 0.877. The molecule has 3 rings (SSSR count). The Labute approximate surface area is 106 Å². The average Bonchev–Trinajstić information content (AvgIpc) is 3.16. The average molecular weight is 243 g/mol. The molecule has 4 heteroatoms. The van der Waals surface area contributed by atoms with Crippen LogP contribution in [-0.2, 0) is 6.54 Å². The number of hydrogen-bond donors (Lipinski definition) is 1. The summed E-state index contributed by atoms with van der Waals surface area (Å²) in [5.74, 6) is 2.08. The predicted molar refractivity (Wildman–Crippen MR) is 68.8 cm³/mol. The van der Waals surface area contributed by atoms with Crippen LogP contribution < -0.4 is 5.32 Å². The molecule has 0 saturated heterocycles. The van der Waals surface area contributed by atoms with Gasteiger partial charge in [0.1, 0.15) is 0 Å². The molecule has 0 amide bonds. The van der Waals surface area contributed by atoms with E-state index in [1.165, 1.54) is 12.8 Å². The first-order valence-corrected chi connectivity index (χ1v) is 6.44. The van der Waals surface area contributed by atoms with E-state index in [-0.39, 0.29) is 0 Å². The van der Waals surface area contributed by atoms with Crippen LogP contribution in [0.4, 0.5) is 0 Å². The molecule has 1 N–H and O–H groups in total. The summed E-state index contributed by atoms with van der Waals surface area (Å²) >= 11 is 0. The van der Waals surface area contributed by atoms with Crippen molar-refractivity contribution in [1.29, 1.82) is 0 Å². The summed E-state index contributed by atoms with van der Waals surface area (Å²) < 4.78 is 5.64. The highest BCUT2D eigenvalue weighted by atomic mass is 16.4. The molecule has 4 nitrogen and oxygen atoms in total. The van der Waals surface area contributed by atoms with Crippen molar-refractivity contribution in [1.82, 2.24) is 15.5 Å². The van der Waals surface area contributed by atoms with Crippen molar-refractivity contribution in [2.45, 2.75) is 32.4 Å². The lowest BCUT2D eigenvalue weighted by Gasteiger charge is -2.09. The summed E-state index contributed by atoms with van der Waals surface area (Å²) in [5, 5.41) is 11.6. The van der Waals surface area contributed by atoms with E-state index in [0.717, 1.165) is 11.5 Å². The summed E-state index contributed by atoms with van der Waals surface area (Å²) in [6.07, 6.45) is 2.68. The van der Waals surface area contributed by atoms with Gasteiger partial charge in [0.15, 0.2) is 0 Å². The van der Waals surface area contributed by atoms with Crippen LogP contribution in [-0.4, -0.2) is 16.2 Å². The van der Waals surface area contributed by atoms with Gasteiger partial charge in [-0.3, -0.25) is 0 Å². The number of nitrogens with one attached hydrogen (secondary N) is 1.